The van der Waals surface area contributed by atoms with Gasteiger partial charge in [0.05, 0.1) is 11.8 Å². The zero-order valence-electron chi connectivity index (χ0n) is 11.4. The van der Waals surface area contributed by atoms with Crippen LogP contribution in [0.4, 0.5) is 5.69 Å². The Kier molecular flexibility index (Phi) is 5.81. The number of hydrogen-bond acceptors (Lipinski definition) is 3. The van der Waals surface area contributed by atoms with Crippen molar-refractivity contribution in [1.29, 1.82) is 0 Å². The number of hydrogen-bond donors (Lipinski definition) is 1. The number of anilines is 1. The molecular formula is C14H24N2O. The normalized spacial score (nSPS) is 12.5. The van der Waals surface area contributed by atoms with Crippen LogP contribution in [0, 0.1) is 0 Å². The van der Waals surface area contributed by atoms with E-state index in [1.54, 1.807) is 6.20 Å². The van der Waals surface area contributed by atoms with Crippen molar-refractivity contribution < 1.29 is 4.74 Å². The lowest BCUT2D eigenvalue weighted by molar-refractivity contribution is 0.234. The second-order valence-electron chi connectivity index (χ2n) is 4.56. The molecule has 3 heteroatoms. The van der Waals surface area contributed by atoms with Crippen LogP contribution in [-0.2, 0) is 0 Å². The Morgan fingerprint density at radius 2 is 2.12 bits per heavy atom. The summed E-state index contributed by atoms with van der Waals surface area (Å²) in [5.74, 6) is 0.706. The zero-order valence-corrected chi connectivity index (χ0v) is 11.4. The van der Waals surface area contributed by atoms with Gasteiger partial charge in [0.15, 0.2) is 0 Å². The maximum Gasteiger partial charge on any atom is 0.237 e. The van der Waals surface area contributed by atoms with Gasteiger partial charge in [-0.25, -0.2) is 4.98 Å². The van der Waals surface area contributed by atoms with Gasteiger partial charge in [-0.05, 0) is 38.8 Å². The summed E-state index contributed by atoms with van der Waals surface area (Å²) in [5, 5.41) is 3.52. The molecule has 1 N–H and O–H groups in total. The van der Waals surface area contributed by atoms with Gasteiger partial charge >= 0.3 is 0 Å². The molecule has 0 aliphatic rings. The molecule has 1 unspecified atom stereocenters. The molecule has 96 valence electrons. The molecule has 0 radical (unpaired) electrons. The van der Waals surface area contributed by atoms with E-state index in [4.69, 9.17) is 4.74 Å². The molecule has 17 heavy (non-hydrogen) atoms. The summed E-state index contributed by atoms with van der Waals surface area (Å²) < 4.78 is 5.70. The minimum absolute atomic E-state index is 0.150. The molecule has 0 amide bonds. The van der Waals surface area contributed by atoms with E-state index < -0.39 is 0 Å². The minimum Gasteiger partial charge on any atom is -0.473 e. The standard InChI is InChI=1S/C14H24N2O/c1-5-8-12(6-2)16-13-9-7-10-15-14(13)17-11(3)4/h7,9-12,16H,5-6,8H2,1-4H3. The van der Waals surface area contributed by atoms with Gasteiger partial charge in [-0.3, -0.25) is 0 Å². The second kappa shape index (κ2) is 7.15. The fourth-order valence-electron chi connectivity index (χ4n) is 1.76. The smallest absolute Gasteiger partial charge is 0.237 e. The molecule has 0 fully saturated rings. The Labute approximate surface area is 105 Å². The average molecular weight is 236 g/mol. The fraction of sp³-hybridized carbons (Fsp3) is 0.643. The Morgan fingerprint density at radius 3 is 2.71 bits per heavy atom. The second-order valence-corrected chi connectivity index (χ2v) is 4.56. The molecule has 1 heterocycles. The van der Waals surface area contributed by atoms with Crippen LogP contribution in [0.1, 0.15) is 47.0 Å². The van der Waals surface area contributed by atoms with Crippen molar-refractivity contribution in [2.24, 2.45) is 0 Å². The summed E-state index contributed by atoms with van der Waals surface area (Å²) in [6, 6.07) is 4.47. The highest BCUT2D eigenvalue weighted by Gasteiger charge is 2.10. The number of rotatable bonds is 7. The summed E-state index contributed by atoms with van der Waals surface area (Å²) in [4.78, 5) is 4.28. The first-order valence-electron chi connectivity index (χ1n) is 6.55. The molecule has 0 aliphatic carbocycles. The van der Waals surface area contributed by atoms with Gasteiger partial charge in [0.1, 0.15) is 0 Å². The summed E-state index contributed by atoms with van der Waals surface area (Å²) in [7, 11) is 0. The molecule has 0 bridgehead atoms. The van der Waals surface area contributed by atoms with E-state index in [0.29, 0.717) is 11.9 Å². The highest BCUT2D eigenvalue weighted by atomic mass is 16.5. The number of ether oxygens (including phenoxy) is 1. The number of nitrogens with one attached hydrogen (secondary N) is 1. The quantitative estimate of drug-likeness (QED) is 0.780. The molecule has 0 aromatic carbocycles. The van der Waals surface area contributed by atoms with Crippen LogP contribution in [0.25, 0.3) is 0 Å². The van der Waals surface area contributed by atoms with E-state index in [1.807, 2.05) is 26.0 Å². The van der Waals surface area contributed by atoms with Crippen LogP contribution in [0.5, 0.6) is 5.88 Å². The molecule has 0 saturated heterocycles. The summed E-state index contributed by atoms with van der Waals surface area (Å²) in [6.07, 6.45) is 5.39. The Hall–Kier alpha value is -1.25. The first-order valence-corrected chi connectivity index (χ1v) is 6.55. The van der Waals surface area contributed by atoms with Crippen LogP contribution in [0.15, 0.2) is 18.3 Å². The first-order chi connectivity index (χ1) is 8.17. The van der Waals surface area contributed by atoms with Crippen LogP contribution in [-0.4, -0.2) is 17.1 Å². The van der Waals surface area contributed by atoms with E-state index in [0.717, 1.165) is 12.1 Å². The monoisotopic (exact) mass is 236 g/mol. The third kappa shape index (κ3) is 4.63. The van der Waals surface area contributed by atoms with Crippen LogP contribution in [0.3, 0.4) is 0 Å². The van der Waals surface area contributed by atoms with E-state index in [1.165, 1.54) is 12.8 Å². The average Bonchev–Trinajstić information content (AvgIpc) is 2.30. The van der Waals surface area contributed by atoms with Gasteiger partial charge in [-0.1, -0.05) is 20.3 Å². The van der Waals surface area contributed by atoms with Gasteiger partial charge in [0.25, 0.3) is 0 Å². The van der Waals surface area contributed by atoms with Gasteiger partial charge in [0.2, 0.25) is 5.88 Å². The fourth-order valence-corrected chi connectivity index (χ4v) is 1.76. The highest BCUT2D eigenvalue weighted by molar-refractivity contribution is 5.52. The molecule has 1 aromatic rings. The van der Waals surface area contributed by atoms with Crippen LogP contribution in [0.2, 0.25) is 0 Å². The maximum atomic E-state index is 5.70. The maximum absolute atomic E-state index is 5.70. The molecule has 0 spiro atoms. The van der Waals surface area contributed by atoms with Crippen LogP contribution >= 0.6 is 0 Å². The number of aromatic nitrogens is 1. The Morgan fingerprint density at radius 1 is 1.35 bits per heavy atom. The molecule has 0 saturated carbocycles. The molecule has 1 atom stereocenters. The van der Waals surface area contributed by atoms with E-state index in [2.05, 4.69) is 24.1 Å². The molecule has 1 rings (SSSR count). The van der Waals surface area contributed by atoms with Gasteiger partial charge in [-0.15, -0.1) is 0 Å². The lowest BCUT2D eigenvalue weighted by atomic mass is 10.1. The zero-order chi connectivity index (χ0) is 12.7. The minimum atomic E-state index is 0.150. The molecule has 3 nitrogen and oxygen atoms in total. The third-order valence-electron chi connectivity index (χ3n) is 2.61. The molecule has 0 aliphatic heterocycles. The predicted molar refractivity (Wildman–Crippen MR) is 72.6 cm³/mol. The van der Waals surface area contributed by atoms with E-state index in [-0.39, 0.29) is 6.10 Å². The van der Waals surface area contributed by atoms with E-state index in [9.17, 15) is 0 Å². The molecule has 1 aromatic heterocycles. The van der Waals surface area contributed by atoms with Crippen molar-refractivity contribution in [3.8, 4) is 5.88 Å². The molecular weight excluding hydrogens is 212 g/mol. The van der Waals surface area contributed by atoms with Crippen molar-refractivity contribution in [2.75, 3.05) is 5.32 Å². The summed E-state index contributed by atoms with van der Waals surface area (Å²) >= 11 is 0. The predicted octanol–water partition coefficient (Wildman–Crippen LogP) is 3.86. The van der Waals surface area contributed by atoms with Crippen molar-refractivity contribution in [1.82, 2.24) is 4.98 Å². The van der Waals surface area contributed by atoms with Gasteiger partial charge in [-0.2, -0.15) is 0 Å². The van der Waals surface area contributed by atoms with Crippen molar-refractivity contribution in [2.45, 2.75) is 59.1 Å². The summed E-state index contributed by atoms with van der Waals surface area (Å²) in [6.45, 7) is 8.44. The van der Waals surface area contributed by atoms with E-state index >= 15 is 0 Å². The Bertz CT molecular complexity index is 326. The van der Waals surface area contributed by atoms with Gasteiger partial charge < -0.3 is 10.1 Å². The number of pyridine rings is 1. The lowest BCUT2D eigenvalue weighted by Crippen LogP contribution is -2.19. The third-order valence-corrected chi connectivity index (χ3v) is 2.61. The number of nitrogens with zero attached hydrogens (tertiary/aromatic N) is 1. The van der Waals surface area contributed by atoms with Crippen molar-refractivity contribution >= 4 is 5.69 Å². The van der Waals surface area contributed by atoms with Crippen molar-refractivity contribution in [3.63, 3.8) is 0 Å². The Balaban J connectivity index is 2.74. The largest absolute Gasteiger partial charge is 0.473 e. The SMILES string of the molecule is CCCC(CC)Nc1cccnc1OC(C)C. The van der Waals surface area contributed by atoms with Crippen molar-refractivity contribution in [3.05, 3.63) is 18.3 Å². The van der Waals surface area contributed by atoms with Crippen LogP contribution < -0.4 is 10.1 Å². The topological polar surface area (TPSA) is 34.2 Å². The first kappa shape index (κ1) is 13.8. The lowest BCUT2D eigenvalue weighted by Gasteiger charge is -2.20. The van der Waals surface area contributed by atoms with Gasteiger partial charge in [0, 0.05) is 12.2 Å². The highest BCUT2D eigenvalue weighted by Crippen LogP contribution is 2.23. The summed E-state index contributed by atoms with van der Waals surface area (Å²) in [5.41, 5.74) is 1.00.